The molecule has 1 aromatic rings. The highest BCUT2D eigenvalue weighted by Gasteiger charge is 2.35. The number of carbonyl (C=O) groups is 1. The van der Waals surface area contributed by atoms with Gasteiger partial charge in [-0.2, -0.15) is 13.2 Å². The summed E-state index contributed by atoms with van der Waals surface area (Å²) in [4.78, 5) is 12.5. The first-order valence-corrected chi connectivity index (χ1v) is 7.86. The van der Waals surface area contributed by atoms with Crippen molar-refractivity contribution in [1.82, 2.24) is 4.90 Å². The third-order valence-electron chi connectivity index (χ3n) is 3.34. The quantitative estimate of drug-likeness (QED) is 0.852. The normalized spacial score (nSPS) is 22.0. The summed E-state index contributed by atoms with van der Waals surface area (Å²) in [6, 6.07) is 2.40. The van der Waals surface area contributed by atoms with Crippen LogP contribution >= 0.6 is 0 Å². The van der Waals surface area contributed by atoms with E-state index in [4.69, 9.17) is 5.73 Å². The lowest BCUT2D eigenvalue weighted by Crippen LogP contribution is -2.48. The average molecular weight is 322 g/mol. The highest BCUT2D eigenvalue weighted by atomic mass is 32.2. The van der Waals surface area contributed by atoms with Crippen LogP contribution in [0.15, 0.2) is 24.3 Å². The Morgan fingerprint density at radius 2 is 1.81 bits per heavy atom. The maximum Gasteiger partial charge on any atom is 0.416 e. The molecule has 2 amide bonds. The summed E-state index contributed by atoms with van der Waals surface area (Å²) in [5.74, 6) is -0.547. The predicted octanol–water partition coefficient (Wildman–Crippen LogP) is 1.56. The Balaban J connectivity index is 2.34. The minimum Gasteiger partial charge on any atom is -0.351 e. The minimum atomic E-state index is -4.47. The topological polar surface area (TPSA) is 80.5 Å². The second-order valence-electron chi connectivity index (χ2n) is 4.78. The zero-order valence-corrected chi connectivity index (χ0v) is 11.6. The van der Waals surface area contributed by atoms with Gasteiger partial charge in [0.15, 0.2) is 9.84 Å². The lowest BCUT2D eigenvalue weighted by atomic mass is 10.0. The summed E-state index contributed by atoms with van der Waals surface area (Å²) in [6.45, 7) is -0.0661. The standard InChI is InChI=1S/C12H13F3N2O3S/c13-12(14,15)9-3-1-8(2-4-9)10-7-21(19,20)6-5-17(10)11(16)18/h1-4,10H,5-7H2,(H2,16,18). The molecule has 0 bridgehead atoms. The summed E-state index contributed by atoms with van der Waals surface area (Å²) < 4.78 is 60.9. The van der Waals surface area contributed by atoms with E-state index in [1.807, 2.05) is 0 Å². The third kappa shape index (κ3) is 3.46. The summed E-state index contributed by atoms with van der Waals surface area (Å²) in [6.07, 6.45) is -4.47. The second-order valence-corrected chi connectivity index (χ2v) is 7.01. The SMILES string of the molecule is NC(=O)N1CCS(=O)(=O)CC1c1ccc(C(F)(F)F)cc1. The van der Waals surface area contributed by atoms with Crippen molar-refractivity contribution in [2.24, 2.45) is 5.73 Å². The van der Waals surface area contributed by atoms with E-state index in [1.54, 1.807) is 0 Å². The number of sulfone groups is 1. The molecule has 0 aliphatic carbocycles. The number of nitrogens with zero attached hydrogens (tertiary/aromatic N) is 1. The van der Waals surface area contributed by atoms with Crippen molar-refractivity contribution in [3.8, 4) is 0 Å². The molecule has 1 unspecified atom stereocenters. The van der Waals surface area contributed by atoms with Crippen LogP contribution in [0.25, 0.3) is 0 Å². The largest absolute Gasteiger partial charge is 0.416 e. The van der Waals surface area contributed by atoms with Crippen LogP contribution in [0.4, 0.5) is 18.0 Å². The molecule has 1 aliphatic rings. The van der Waals surface area contributed by atoms with Gasteiger partial charge in [0.1, 0.15) is 0 Å². The zero-order valence-electron chi connectivity index (χ0n) is 10.8. The van der Waals surface area contributed by atoms with Gasteiger partial charge in [-0.1, -0.05) is 12.1 Å². The molecule has 21 heavy (non-hydrogen) atoms. The molecule has 1 heterocycles. The average Bonchev–Trinajstić information content (AvgIpc) is 2.36. The second kappa shape index (κ2) is 5.21. The van der Waals surface area contributed by atoms with E-state index in [0.717, 1.165) is 17.0 Å². The molecule has 0 radical (unpaired) electrons. The number of halogens is 3. The number of benzene rings is 1. The Bertz CT molecular complexity index is 641. The number of amides is 2. The van der Waals surface area contributed by atoms with Crippen molar-refractivity contribution in [2.45, 2.75) is 12.2 Å². The molecule has 1 aromatic carbocycles. The van der Waals surface area contributed by atoms with Crippen LogP contribution in [0.1, 0.15) is 17.2 Å². The fourth-order valence-electron chi connectivity index (χ4n) is 2.24. The first kappa shape index (κ1) is 15.6. The Kier molecular flexibility index (Phi) is 3.87. The summed E-state index contributed by atoms with van der Waals surface area (Å²) in [5.41, 5.74) is 4.67. The molecule has 0 saturated carbocycles. The molecule has 2 rings (SSSR count). The molecule has 0 spiro atoms. The minimum absolute atomic E-state index is 0.0661. The third-order valence-corrected chi connectivity index (χ3v) is 4.97. The van der Waals surface area contributed by atoms with E-state index in [-0.39, 0.29) is 18.1 Å². The molecule has 9 heteroatoms. The van der Waals surface area contributed by atoms with E-state index in [9.17, 15) is 26.4 Å². The number of urea groups is 1. The van der Waals surface area contributed by atoms with Crippen molar-refractivity contribution >= 4 is 15.9 Å². The van der Waals surface area contributed by atoms with Gasteiger partial charge in [-0.15, -0.1) is 0 Å². The maximum absolute atomic E-state index is 12.5. The summed E-state index contributed by atoms with van der Waals surface area (Å²) in [7, 11) is -3.36. The van der Waals surface area contributed by atoms with E-state index in [1.165, 1.54) is 12.1 Å². The van der Waals surface area contributed by atoms with Crippen molar-refractivity contribution < 1.29 is 26.4 Å². The molecule has 0 aromatic heterocycles. The van der Waals surface area contributed by atoms with Crippen molar-refractivity contribution in [1.29, 1.82) is 0 Å². The van der Waals surface area contributed by atoms with Crippen LogP contribution in [0.2, 0.25) is 0 Å². The predicted molar refractivity (Wildman–Crippen MR) is 69.1 cm³/mol. The van der Waals surface area contributed by atoms with E-state index in [2.05, 4.69) is 0 Å². The highest BCUT2D eigenvalue weighted by Crippen LogP contribution is 2.32. The van der Waals surface area contributed by atoms with Crippen LogP contribution in [0.5, 0.6) is 0 Å². The van der Waals surface area contributed by atoms with Crippen LogP contribution < -0.4 is 5.73 Å². The number of primary amides is 1. The van der Waals surface area contributed by atoms with Crippen LogP contribution in [0, 0.1) is 0 Å². The number of rotatable bonds is 1. The molecular weight excluding hydrogens is 309 g/mol. The van der Waals surface area contributed by atoms with Crippen LogP contribution in [-0.2, 0) is 16.0 Å². The molecule has 2 N–H and O–H groups in total. The number of carbonyl (C=O) groups excluding carboxylic acids is 1. The molecule has 1 aliphatic heterocycles. The Morgan fingerprint density at radius 1 is 1.24 bits per heavy atom. The fourth-order valence-corrected chi connectivity index (χ4v) is 3.74. The number of hydrogen-bond acceptors (Lipinski definition) is 3. The van der Waals surface area contributed by atoms with Crippen molar-refractivity contribution in [3.63, 3.8) is 0 Å². The Hall–Kier alpha value is -1.77. The summed E-state index contributed by atoms with van der Waals surface area (Å²) >= 11 is 0. The Morgan fingerprint density at radius 3 is 2.29 bits per heavy atom. The van der Waals surface area contributed by atoms with Gasteiger partial charge in [-0.3, -0.25) is 0 Å². The molecule has 1 atom stereocenters. The van der Waals surface area contributed by atoms with Gasteiger partial charge in [0.25, 0.3) is 0 Å². The van der Waals surface area contributed by atoms with Crippen molar-refractivity contribution in [2.75, 3.05) is 18.1 Å². The smallest absolute Gasteiger partial charge is 0.351 e. The van der Waals surface area contributed by atoms with Crippen LogP contribution in [0.3, 0.4) is 0 Å². The number of nitrogens with two attached hydrogens (primary N) is 1. The molecule has 5 nitrogen and oxygen atoms in total. The summed E-state index contributed by atoms with van der Waals surface area (Å²) in [5, 5.41) is 0. The first-order valence-electron chi connectivity index (χ1n) is 6.04. The highest BCUT2D eigenvalue weighted by molar-refractivity contribution is 7.91. The van der Waals surface area contributed by atoms with Gasteiger partial charge < -0.3 is 10.6 Å². The molecule has 1 saturated heterocycles. The molecule has 116 valence electrons. The van der Waals surface area contributed by atoms with Crippen molar-refractivity contribution in [3.05, 3.63) is 35.4 Å². The first-order chi connectivity index (χ1) is 9.60. The lowest BCUT2D eigenvalue weighted by molar-refractivity contribution is -0.137. The zero-order chi connectivity index (χ0) is 15.8. The maximum atomic E-state index is 12.5. The van der Waals surface area contributed by atoms with Gasteiger partial charge in [0.2, 0.25) is 0 Å². The van der Waals surface area contributed by atoms with Gasteiger partial charge in [0.05, 0.1) is 23.1 Å². The van der Waals surface area contributed by atoms with Gasteiger partial charge in [-0.25, -0.2) is 13.2 Å². The van der Waals surface area contributed by atoms with Crippen LogP contribution in [-0.4, -0.2) is 37.4 Å². The number of hydrogen-bond donors (Lipinski definition) is 1. The number of alkyl halides is 3. The van der Waals surface area contributed by atoms with Gasteiger partial charge in [-0.05, 0) is 17.7 Å². The monoisotopic (exact) mass is 322 g/mol. The van der Waals surface area contributed by atoms with Gasteiger partial charge in [0, 0.05) is 6.54 Å². The van der Waals surface area contributed by atoms with E-state index >= 15 is 0 Å². The Labute approximate surface area is 119 Å². The lowest BCUT2D eigenvalue weighted by Gasteiger charge is -2.34. The van der Waals surface area contributed by atoms with Gasteiger partial charge >= 0.3 is 12.2 Å². The molecular formula is C12H13F3N2O3S. The van der Waals surface area contributed by atoms with E-state index < -0.39 is 33.6 Å². The molecule has 1 fully saturated rings. The fraction of sp³-hybridized carbons (Fsp3) is 0.417. The van der Waals surface area contributed by atoms with E-state index in [0.29, 0.717) is 5.56 Å².